The maximum absolute atomic E-state index is 13.9. The number of nitrogens with one attached hydrogen (secondary N) is 1. The highest BCUT2D eigenvalue weighted by atomic mass is 19.1. The van der Waals surface area contributed by atoms with Crippen molar-refractivity contribution in [1.29, 1.82) is 0 Å². The van der Waals surface area contributed by atoms with Crippen LogP contribution in [0.4, 0.5) is 13.2 Å². The van der Waals surface area contributed by atoms with Gasteiger partial charge in [-0.05, 0) is 36.7 Å². The molecular weight excluding hydrogens is 263 g/mol. The predicted octanol–water partition coefficient (Wildman–Crippen LogP) is 4.27. The minimum absolute atomic E-state index is 0.195. The minimum Gasteiger partial charge on any atom is -0.313 e. The van der Waals surface area contributed by atoms with E-state index in [9.17, 15) is 13.2 Å². The van der Waals surface area contributed by atoms with Gasteiger partial charge in [-0.15, -0.1) is 0 Å². The molecule has 0 amide bonds. The van der Waals surface area contributed by atoms with Crippen LogP contribution >= 0.6 is 0 Å². The first-order chi connectivity index (χ1) is 9.63. The van der Waals surface area contributed by atoms with Crippen molar-refractivity contribution in [3.8, 4) is 11.1 Å². The second-order valence-electron chi connectivity index (χ2n) is 4.58. The van der Waals surface area contributed by atoms with Crippen LogP contribution in [0.5, 0.6) is 0 Å². The molecule has 0 saturated heterocycles. The predicted molar refractivity (Wildman–Crippen MR) is 73.7 cm³/mol. The van der Waals surface area contributed by atoms with Crippen LogP contribution in [0.15, 0.2) is 36.4 Å². The van der Waals surface area contributed by atoms with E-state index in [1.807, 2.05) is 6.92 Å². The summed E-state index contributed by atoms with van der Waals surface area (Å²) in [6, 6.07) is 7.87. The van der Waals surface area contributed by atoms with E-state index in [2.05, 4.69) is 5.32 Å². The van der Waals surface area contributed by atoms with E-state index in [4.69, 9.17) is 0 Å². The van der Waals surface area contributed by atoms with E-state index in [1.54, 1.807) is 6.07 Å². The van der Waals surface area contributed by atoms with Crippen molar-refractivity contribution in [1.82, 2.24) is 5.32 Å². The molecular formula is C16H16F3N. The van der Waals surface area contributed by atoms with Crippen molar-refractivity contribution in [3.63, 3.8) is 0 Å². The molecule has 0 saturated carbocycles. The molecule has 0 bridgehead atoms. The van der Waals surface area contributed by atoms with Crippen molar-refractivity contribution >= 4 is 0 Å². The first-order valence-corrected chi connectivity index (χ1v) is 6.57. The van der Waals surface area contributed by atoms with Gasteiger partial charge >= 0.3 is 0 Å². The molecule has 0 aliphatic heterocycles. The number of hydrogen-bond acceptors (Lipinski definition) is 1. The molecule has 2 aromatic carbocycles. The second-order valence-corrected chi connectivity index (χ2v) is 4.58. The summed E-state index contributed by atoms with van der Waals surface area (Å²) >= 11 is 0. The van der Waals surface area contributed by atoms with Crippen LogP contribution in [-0.2, 0) is 6.54 Å². The Morgan fingerprint density at radius 1 is 0.950 bits per heavy atom. The number of rotatable bonds is 5. The fourth-order valence-electron chi connectivity index (χ4n) is 2.02. The van der Waals surface area contributed by atoms with E-state index >= 15 is 0 Å². The minimum atomic E-state index is -0.693. The zero-order valence-electron chi connectivity index (χ0n) is 11.2. The van der Waals surface area contributed by atoms with Crippen LogP contribution in [0.25, 0.3) is 11.1 Å². The number of hydrogen-bond donors (Lipinski definition) is 1. The quantitative estimate of drug-likeness (QED) is 0.806. The van der Waals surface area contributed by atoms with Gasteiger partial charge in [0.2, 0.25) is 0 Å². The van der Waals surface area contributed by atoms with E-state index in [1.165, 1.54) is 18.2 Å². The third-order valence-electron chi connectivity index (χ3n) is 3.05. The molecule has 4 heteroatoms. The van der Waals surface area contributed by atoms with Gasteiger partial charge in [0.15, 0.2) is 0 Å². The second kappa shape index (κ2) is 6.57. The Morgan fingerprint density at radius 3 is 2.25 bits per heavy atom. The molecule has 2 rings (SSSR count). The van der Waals surface area contributed by atoms with E-state index < -0.39 is 17.5 Å². The first-order valence-electron chi connectivity index (χ1n) is 6.57. The van der Waals surface area contributed by atoms with Crippen LogP contribution < -0.4 is 5.32 Å². The van der Waals surface area contributed by atoms with E-state index in [0.29, 0.717) is 12.1 Å². The Morgan fingerprint density at radius 2 is 1.65 bits per heavy atom. The van der Waals surface area contributed by atoms with Gasteiger partial charge in [0.1, 0.15) is 17.5 Å². The maximum Gasteiger partial charge on any atom is 0.133 e. The van der Waals surface area contributed by atoms with Crippen molar-refractivity contribution < 1.29 is 13.2 Å². The lowest BCUT2D eigenvalue weighted by Crippen LogP contribution is -2.14. The zero-order valence-corrected chi connectivity index (χ0v) is 11.2. The standard InChI is InChI=1S/C16H16F3N/c1-2-8-20-10-12-7-6-11(9-15(12)19)16-13(17)4-3-5-14(16)18/h3-7,9,20H,2,8,10H2,1H3. The molecule has 2 aromatic rings. The Hall–Kier alpha value is -1.81. The molecule has 0 radical (unpaired) electrons. The molecule has 0 heterocycles. The van der Waals surface area contributed by atoms with Gasteiger partial charge in [-0.1, -0.05) is 25.1 Å². The average molecular weight is 279 g/mol. The summed E-state index contributed by atoms with van der Waals surface area (Å²) in [5.74, 6) is -1.85. The fourth-order valence-corrected chi connectivity index (χ4v) is 2.02. The first kappa shape index (κ1) is 14.6. The lowest BCUT2D eigenvalue weighted by atomic mass is 10.0. The van der Waals surface area contributed by atoms with Crippen molar-refractivity contribution in [3.05, 3.63) is 59.4 Å². The summed E-state index contributed by atoms with van der Waals surface area (Å²) in [6.45, 7) is 3.22. The molecule has 20 heavy (non-hydrogen) atoms. The number of benzene rings is 2. The summed E-state index contributed by atoms with van der Waals surface area (Å²) in [5.41, 5.74) is 0.496. The maximum atomic E-state index is 13.9. The third kappa shape index (κ3) is 3.20. The summed E-state index contributed by atoms with van der Waals surface area (Å²) < 4.78 is 41.2. The highest BCUT2D eigenvalue weighted by Crippen LogP contribution is 2.27. The zero-order chi connectivity index (χ0) is 14.5. The number of halogens is 3. The normalized spacial score (nSPS) is 10.8. The monoisotopic (exact) mass is 279 g/mol. The van der Waals surface area contributed by atoms with Crippen molar-refractivity contribution in [2.75, 3.05) is 6.54 Å². The van der Waals surface area contributed by atoms with Crippen LogP contribution in [0.2, 0.25) is 0 Å². The van der Waals surface area contributed by atoms with Gasteiger partial charge in [-0.2, -0.15) is 0 Å². The summed E-state index contributed by atoms with van der Waals surface area (Å²) in [4.78, 5) is 0. The van der Waals surface area contributed by atoms with Gasteiger partial charge in [0.05, 0.1) is 5.56 Å². The Labute approximate surface area is 116 Å². The molecule has 106 valence electrons. The lowest BCUT2D eigenvalue weighted by Gasteiger charge is -2.09. The van der Waals surface area contributed by atoms with Gasteiger partial charge in [-0.3, -0.25) is 0 Å². The van der Waals surface area contributed by atoms with E-state index in [0.717, 1.165) is 25.1 Å². The van der Waals surface area contributed by atoms with Crippen molar-refractivity contribution in [2.45, 2.75) is 19.9 Å². The lowest BCUT2D eigenvalue weighted by molar-refractivity contribution is 0.582. The Balaban J connectivity index is 2.29. The SMILES string of the molecule is CCCNCc1ccc(-c2c(F)cccc2F)cc1F. The largest absolute Gasteiger partial charge is 0.313 e. The average Bonchev–Trinajstić information content (AvgIpc) is 2.41. The summed E-state index contributed by atoms with van der Waals surface area (Å²) in [7, 11) is 0. The summed E-state index contributed by atoms with van der Waals surface area (Å²) in [6.07, 6.45) is 0.958. The van der Waals surface area contributed by atoms with E-state index in [-0.39, 0.29) is 11.1 Å². The topological polar surface area (TPSA) is 12.0 Å². The van der Waals surface area contributed by atoms with Crippen LogP contribution in [0.1, 0.15) is 18.9 Å². The van der Waals surface area contributed by atoms with Crippen LogP contribution in [0.3, 0.4) is 0 Å². The van der Waals surface area contributed by atoms with Gasteiger partial charge in [0.25, 0.3) is 0 Å². The smallest absolute Gasteiger partial charge is 0.133 e. The third-order valence-corrected chi connectivity index (χ3v) is 3.05. The molecule has 1 N–H and O–H groups in total. The molecule has 0 fully saturated rings. The summed E-state index contributed by atoms with van der Waals surface area (Å²) in [5, 5.41) is 3.09. The van der Waals surface area contributed by atoms with Crippen LogP contribution in [-0.4, -0.2) is 6.54 Å². The fraction of sp³-hybridized carbons (Fsp3) is 0.250. The van der Waals surface area contributed by atoms with Crippen LogP contribution in [0, 0.1) is 17.5 Å². The Bertz CT molecular complexity index is 576. The highest BCUT2D eigenvalue weighted by Gasteiger charge is 2.12. The molecule has 0 unspecified atom stereocenters. The highest BCUT2D eigenvalue weighted by molar-refractivity contribution is 5.65. The molecule has 1 nitrogen and oxygen atoms in total. The molecule has 0 aliphatic carbocycles. The molecule has 0 atom stereocenters. The van der Waals surface area contributed by atoms with Gasteiger partial charge < -0.3 is 5.32 Å². The molecule has 0 aromatic heterocycles. The van der Waals surface area contributed by atoms with Crippen molar-refractivity contribution in [2.24, 2.45) is 0 Å². The van der Waals surface area contributed by atoms with Gasteiger partial charge in [-0.25, -0.2) is 13.2 Å². The van der Waals surface area contributed by atoms with Gasteiger partial charge in [0, 0.05) is 12.1 Å². The Kier molecular flexibility index (Phi) is 4.79. The molecule has 0 aliphatic rings. The molecule has 0 spiro atoms.